The SMILES string of the molecule is CC(C)NCCN(C(=O)O)c1cccc(Cn2nc(-c3ccc(F)c(F)c3)ccc2=O)c1. The fourth-order valence-corrected chi connectivity index (χ4v) is 3.17. The number of carbonyl (C=O) groups is 1. The number of aromatic nitrogens is 2. The Morgan fingerprint density at radius 3 is 2.59 bits per heavy atom. The van der Waals surface area contributed by atoms with Crippen LogP contribution in [0.1, 0.15) is 19.4 Å². The Kier molecular flexibility index (Phi) is 7.32. The second-order valence-corrected chi connectivity index (χ2v) is 7.56. The molecular weight excluding hydrogens is 418 g/mol. The summed E-state index contributed by atoms with van der Waals surface area (Å²) >= 11 is 0. The van der Waals surface area contributed by atoms with Crippen molar-refractivity contribution in [1.29, 1.82) is 0 Å². The van der Waals surface area contributed by atoms with Crippen LogP contribution < -0.4 is 15.8 Å². The predicted molar refractivity (Wildman–Crippen MR) is 118 cm³/mol. The molecule has 1 heterocycles. The summed E-state index contributed by atoms with van der Waals surface area (Å²) in [5, 5.41) is 17.0. The first-order chi connectivity index (χ1) is 15.2. The van der Waals surface area contributed by atoms with Gasteiger partial charge in [-0.15, -0.1) is 0 Å². The van der Waals surface area contributed by atoms with Gasteiger partial charge in [0.15, 0.2) is 11.6 Å². The largest absolute Gasteiger partial charge is 0.465 e. The van der Waals surface area contributed by atoms with E-state index in [0.29, 0.717) is 29.1 Å². The number of benzene rings is 2. The predicted octanol–water partition coefficient (Wildman–Crippen LogP) is 3.72. The van der Waals surface area contributed by atoms with Crippen molar-refractivity contribution in [2.45, 2.75) is 26.4 Å². The van der Waals surface area contributed by atoms with E-state index in [0.717, 1.165) is 12.1 Å². The lowest BCUT2D eigenvalue weighted by Gasteiger charge is -2.21. The number of rotatable bonds is 8. The zero-order chi connectivity index (χ0) is 23.3. The standard InChI is InChI=1S/C23H24F2N4O3/c1-15(2)26-10-11-28(23(31)32)18-5-3-4-16(12-18)14-29-22(30)9-8-21(27-29)17-6-7-19(24)20(25)13-17/h3-9,12-13,15,26H,10-11,14H2,1-2H3,(H,31,32). The van der Waals surface area contributed by atoms with Crippen LogP contribution in [0.5, 0.6) is 0 Å². The van der Waals surface area contributed by atoms with Gasteiger partial charge >= 0.3 is 6.09 Å². The maximum atomic E-state index is 13.6. The van der Waals surface area contributed by atoms with Gasteiger partial charge in [0.1, 0.15) is 0 Å². The molecule has 0 spiro atoms. The highest BCUT2D eigenvalue weighted by Crippen LogP contribution is 2.20. The van der Waals surface area contributed by atoms with Crippen LogP contribution in [-0.4, -0.2) is 40.1 Å². The molecule has 1 amide bonds. The van der Waals surface area contributed by atoms with Crippen LogP contribution in [0.2, 0.25) is 0 Å². The van der Waals surface area contributed by atoms with Crippen LogP contribution in [0.3, 0.4) is 0 Å². The topological polar surface area (TPSA) is 87.5 Å². The smallest absolute Gasteiger partial charge is 0.411 e. The summed E-state index contributed by atoms with van der Waals surface area (Å²) in [5.74, 6) is -1.97. The van der Waals surface area contributed by atoms with E-state index in [1.54, 1.807) is 24.3 Å². The van der Waals surface area contributed by atoms with E-state index in [9.17, 15) is 23.5 Å². The van der Waals surface area contributed by atoms with Crippen molar-refractivity contribution in [2.24, 2.45) is 0 Å². The van der Waals surface area contributed by atoms with Crippen molar-refractivity contribution in [3.05, 3.63) is 82.1 Å². The summed E-state index contributed by atoms with van der Waals surface area (Å²) in [6.07, 6.45) is -1.08. The zero-order valence-electron chi connectivity index (χ0n) is 17.8. The monoisotopic (exact) mass is 442 g/mol. The molecule has 168 valence electrons. The third-order valence-corrected chi connectivity index (χ3v) is 4.76. The van der Waals surface area contributed by atoms with E-state index in [1.165, 1.54) is 27.8 Å². The average molecular weight is 442 g/mol. The number of carboxylic acid groups (broad SMARTS) is 1. The Labute approximate surface area is 183 Å². The van der Waals surface area contributed by atoms with E-state index in [2.05, 4.69) is 10.4 Å². The van der Waals surface area contributed by atoms with Gasteiger partial charge in [-0.2, -0.15) is 5.10 Å². The molecule has 0 saturated heterocycles. The van der Waals surface area contributed by atoms with Crippen molar-refractivity contribution >= 4 is 11.8 Å². The molecule has 0 aliphatic carbocycles. The summed E-state index contributed by atoms with van der Waals surface area (Å²) in [6.45, 7) is 4.80. The van der Waals surface area contributed by atoms with Gasteiger partial charge in [-0.25, -0.2) is 18.3 Å². The van der Waals surface area contributed by atoms with Crippen LogP contribution in [0.15, 0.2) is 59.4 Å². The van der Waals surface area contributed by atoms with E-state index in [-0.39, 0.29) is 24.7 Å². The summed E-state index contributed by atoms with van der Waals surface area (Å²) < 4.78 is 28.0. The van der Waals surface area contributed by atoms with Crippen molar-refractivity contribution in [2.75, 3.05) is 18.0 Å². The highest BCUT2D eigenvalue weighted by molar-refractivity contribution is 5.86. The quantitative estimate of drug-likeness (QED) is 0.555. The van der Waals surface area contributed by atoms with Gasteiger partial charge in [0.2, 0.25) is 0 Å². The second-order valence-electron chi connectivity index (χ2n) is 7.56. The minimum atomic E-state index is -1.08. The van der Waals surface area contributed by atoms with Crippen LogP contribution in [0.4, 0.5) is 19.3 Å². The fraction of sp³-hybridized carbons (Fsp3) is 0.261. The number of hydrogen-bond acceptors (Lipinski definition) is 4. The molecule has 7 nitrogen and oxygen atoms in total. The highest BCUT2D eigenvalue weighted by Gasteiger charge is 2.15. The number of anilines is 1. The van der Waals surface area contributed by atoms with Crippen LogP contribution in [0.25, 0.3) is 11.3 Å². The Morgan fingerprint density at radius 2 is 1.91 bits per heavy atom. The molecule has 0 aliphatic rings. The van der Waals surface area contributed by atoms with Crippen LogP contribution in [0, 0.1) is 11.6 Å². The first-order valence-electron chi connectivity index (χ1n) is 10.1. The molecule has 9 heteroatoms. The van der Waals surface area contributed by atoms with Gasteiger partial charge in [-0.05, 0) is 42.0 Å². The summed E-state index contributed by atoms with van der Waals surface area (Å²) in [5.41, 5.74) is 1.42. The lowest BCUT2D eigenvalue weighted by atomic mass is 10.1. The Hall–Kier alpha value is -3.59. The van der Waals surface area contributed by atoms with Crippen molar-refractivity contribution in [3.8, 4) is 11.3 Å². The molecule has 3 aromatic rings. The maximum Gasteiger partial charge on any atom is 0.411 e. The Bertz CT molecular complexity index is 1160. The van der Waals surface area contributed by atoms with Crippen molar-refractivity contribution in [1.82, 2.24) is 15.1 Å². The van der Waals surface area contributed by atoms with E-state index in [1.807, 2.05) is 13.8 Å². The molecular formula is C23H24F2N4O3. The van der Waals surface area contributed by atoms with Gasteiger partial charge in [-0.1, -0.05) is 26.0 Å². The van der Waals surface area contributed by atoms with Crippen molar-refractivity contribution < 1.29 is 18.7 Å². The van der Waals surface area contributed by atoms with E-state index in [4.69, 9.17) is 0 Å². The van der Waals surface area contributed by atoms with Crippen molar-refractivity contribution in [3.63, 3.8) is 0 Å². The van der Waals surface area contributed by atoms with Crippen LogP contribution in [-0.2, 0) is 6.54 Å². The first kappa shape index (κ1) is 23.1. The molecule has 2 N–H and O–H groups in total. The molecule has 0 atom stereocenters. The average Bonchev–Trinajstić information content (AvgIpc) is 2.74. The summed E-state index contributed by atoms with van der Waals surface area (Å²) in [7, 11) is 0. The third kappa shape index (κ3) is 5.76. The molecule has 0 saturated carbocycles. The molecule has 1 aromatic heterocycles. The first-order valence-corrected chi connectivity index (χ1v) is 10.1. The lowest BCUT2D eigenvalue weighted by molar-refractivity contribution is 0.201. The Balaban J connectivity index is 1.85. The molecule has 3 rings (SSSR count). The van der Waals surface area contributed by atoms with Gasteiger partial charge in [-0.3, -0.25) is 9.69 Å². The van der Waals surface area contributed by atoms with Gasteiger partial charge in [0, 0.05) is 36.4 Å². The molecule has 0 radical (unpaired) electrons. The minimum absolute atomic E-state index is 0.0852. The number of nitrogens with one attached hydrogen (secondary N) is 1. The maximum absolute atomic E-state index is 13.6. The Morgan fingerprint density at radius 1 is 1.12 bits per heavy atom. The van der Waals surface area contributed by atoms with Gasteiger partial charge in [0.25, 0.3) is 5.56 Å². The molecule has 2 aromatic carbocycles. The normalized spacial score (nSPS) is 11.0. The van der Waals surface area contributed by atoms with E-state index >= 15 is 0 Å². The molecule has 32 heavy (non-hydrogen) atoms. The van der Waals surface area contributed by atoms with E-state index < -0.39 is 17.7 Å². The number of nitrogens with zero attached hydrogens (tertiary/aromatic N) is 3. The van der Waals surface area contributed by atoms with Crippen LogP contribution >= 0.6 is 0 Å². The number of amides is 1. The second kappa shape index (κ2) is 10.1. The number of halogens is 2. The molecule has 0 aliphatic heterocycles. The molecule has 0 unspecified atom stereocenters. The zero-order valence-corrected chi connectivity index (χ0v) is 17.8. The summed E-state index contributed by atoms with van der Waals surface area (Å²) in [4.78, 5) is 25.3. The fourth-order valence-electron chi connectivity index (χ4n) is 3.17. The molecule has 0 bridgehead atoms. The summed E-state index contributed by atoms with van der Waals surface area (Å²) in [6, 6.07) is 13.2. The third-order valence-electron chi connectivity index (χ3n) is 4.76. The molecule has 0 fully saturated rings. The lowest BCUT2D eigenvalue weighted by Crippen LogP contribution is -2.38. The number of hydrogen-bond donors (Lipinski definition) is 2. The minimum Gasteiger partial charge on any atom is -0.465 e. The van der Waals surface area contributed by atoms with Gasteiger partial charge < -0.3 is 10.4 Å². The van der Waals surface area contributed by atoms with Gasteiger partial charge in [0.05, 0.1) is 12.2 Å². The highest BCUT2D eigenvalue weighted by atomic mass is 19.2.